The zero-order valence-corrected chi connectivity index (χ0v) is 7.35. The van der Waals surface area contributed by atoms with Crippen LogP contribution in [-0.2, 0) is 6.42 Å². The minimum absolute atomic E-state index is 0.0483. The highest BCUT2D eigenvalue weighted by atomic mass is 19.3. The normalized spacial score (nSPS) is 10.0. The van der Waals surface area contributed by atoms with Gasteiger partial charge >= 0.3 is 5.69 Å². The maximum Gasteiger partial charge on any atom is 0.300 e. The van der Waals surface area contributed by atoms with Crippen molar-refractivity contribution in [2.45, 2.75) is 12.8 Å². The third-order valence-electron chi connectivity index (χ3n) is 1.69. The van der Waals surface area contributed by atoms with Crippen molar-refractivity contribution >= 4 is 5.69 Å². The Bertz CT molecular complexity index is 428. The van der Waals surface area contributed by atoms with Gasteiger partial charge in [-0.2, -0.15) is 5.26 Å². The van der Waals surface area contributed by atoms with E-state index in [1.54, 1.807) is 6.07 Å². The summed E-state index contributed by atoms with van der Waals surface area (Å²) in [4.78, 5) is 12.8. The van der Waals surface area contributed by atoms with Crippen molar-refractivity contribution in [1.82, 2.24) is 4.98 Å². The van der Waals surface area contributed by atoms with Crippen LogP contribution in [0.25, 0.3) is 0 Å². The number of nitrogens with zero attached hydrogens (tertiary/aromatic N) is 3. The summed E-state index contributed by atoms with van der Waals surface area (Å²) in [5.74, 6) is 0. The van der Waals surface area contributed by atoms with Crippen LogP contribution in [0.4, 0.5) is 14.5 Å². The SMILES string of the molecule is N#CCc1ccnc(C(F)F)c1[N+](=O)[O-]. The van der Waals surface area contributed by atoms with Crippen LogP contribution in [0.1, 0.15) is 17.7 Å². The van der Waals surface area contributed by atoms with Crippen LogP contribution in [0.15, 0.2) is 12.3 Å². The molecule has 0 radical (unpaired) electrons. The van der Waals surface area contributed by atoms with Gasteiger partial charge in [-0.05, 0) is 6.07 Å². The molecule has 0 atom stereocenters. The molecule has 1 heterocycles. The smallest absolute Gasteiger partial charge is 0.258 e. The lowest BCUT2D eigenvalue weighted by atomic mass is 10.1. The number of alkyl halides is 2. The lowest BCUT2D eigenvalue weighted by Crippen LogP contribution is -2.03. The minimum atomic E-state index is -3.02. The summed E-state index contributed by atoms with van der Waals surface area (Å²) in [6.07, 6.45) is -2.29. The topological polar surface area (TPSA) is 79.8 Å². The van der Waals surface area contributed by atoms with Gasteiger partial charge in [0.15, 0.2) is 5.69 Å². The summed E-state index contributed by atoms with van der Waals surface area (Å²) in [7, 11) is 0. The Balaban J connectivity index is 3.36. The average Bonchev–Trinajstić information content (AvgIpc) is 2.17. The van der Waals surface area contributed by atoms with Crippen LogP contribution in [0.2, 0.25) is 0 Å². The van der Waals surface area contributed by atoms with E-state index < -0.39 is 22.7 Å². The van der Waals surface area contributed by atoms with Crippen molar-refractivity contribution in [2.75, 3.05) is 0 Å². The molecule has 0 aromatic carbocycles. The van der Waals surface area contributed by atoms with E-state index in [0.717, 1.165) is 6.20 Å². The molecule has 0 amide bonds. The van der Waals surface area contributed by atoms with Gasteiger partial charge in [0.05, 0.1) is 17.4 Å². The zero-order valence-electron chi connectivity index (χ0n) is 7.35. The molecule has 7 heteroatoms. The molecule has 0 aliphatic carbocycles. The molecule has 1 rings (SSSR count). The number of halogens is 2. The van der Waals surface area contributed by atoms with E-state index in [2.05, 4.69) is 4.98 Å². The van der Waals surface area contributed by atoms with Crippen molar-refractivity contribution in [3.8, 4) is 6.07 Å². The summed E-state index contributed by atoms with van der Waals surface area (Å²) < 4.78 is 24.7. The first-order chi connectivity index (χ1) is 7.07. The lowest BCUT2D eigenvalue weighted by molar-refractivity contribution is -0.387. The first kappa shape index (κ1) is 11.0. The third kappa shape index (κ3) is 2.22. The first-order valence-electron chi connectivity index (χ1n) is 3.85. The van der Waals surface area contributed by atoms with Crippen LogP contribution in [0, 0.1) is 21.4 Å². The molecule has 0 unspecified atom stereocenters. The molecule has 0 fully saturated rings. The van der Waals surface area contributed by atoms with Gasteiger partial charge in [0.25, 0.3) is 6.43 Å². The summed E-state index contributed by atoms with van der Waals surface area (Å²) in [5.41, 5.74) is -1.71. The summed E-state index contributed by atoms with van der Waals surface area (Å²) >= 11 is 0. The molecule has 78 valence electrons. The second-order valence-corrected chi connectivity index (χ2v) is 2.60. The fourth-order valence-corrected chi connectivity index (χ4v) is 1.11. The van der Waals surface area contributed by atoms with Gasteiger partial charge in [0.1, 0.15) is 0 Å². The van der Waals surface area contributed by atoms with Crippen molar-refractivity contribution in [3.05, 3.63) is 33.6 Å². The quantitative estimate of drug-likeness (QED) is 0.568. The number of rotatable bonds is 3. The van der Waals surface area contributed by atoms with Crippen LogP contribution in [-0.4, -0.2) is 9.91 Å². The average molecular weight is 213 g/mol. The van der Waals surface area contributed by atoms with E-state index in [4.69, 9.17) is 5.26 Å². The van der Waals surface area contributed by atoms with Gasteiger partial charge in [0, 0.05) is 11.8 Å². The zero-order chi connectivity index (χ0) is 11.4. The molecule has 0 aliphatic rings. The molecule has 1 aromatic heterocycles. The molecule has 5 nitrogen and oxygen atoms in total. The predicted octanol–water partition coefficient (Wildman–Crippen LogP) is 1.99. The van der Waals surface area contributed by atoms with Crippen LogP contribution >= 0.6 is 0 Å². The summed E-state index contributed by atoms with van der Waals surface area (Å²) in [6, 6.07) is 2.86. The Labute approximate surface area is 83.1 Å². The first-order valence-corrected chi connectivity index (χ1v) is 3.85. The summed E-state index contributed by atoms with van der Waals surface area (Å²) in [5, 5.41) is 18.9. The largest absolute Gasteiger partial charge is 0.300 e. The number of hydrogen-bond donors (Lipinski definition) is 0. The fourth-order valence-electron chi connectivity index (χ4n) is 1.11. The Morgan fingerprint density at radius 3 is 2.80 bits per heavy atom. The van der Waals surface area contributed by atoms with Gasteiger partial charge in [-0.15, -0.1) is 0 Å². The van der Waals surface area contributed by atoms with Gasteiger partial charge in [0.2, 0.25) is 0 Å². The van der Waals surface area contributed by atoms with Crippen LogP contribution < -0.4 is 0 Å². The molecular weight excluding hydrogens is 208 g/mol. The predicted molar refractivity (Wildman–Crippen MR) is 45.2 cm³/mol. The fraction of sp³-hybridized carbons (Fsp3) is 0.250. The lowest BCUT2D eigenvalue weighted by Gasteiger charge is -2.03. The van der Waals surface area contributed by atoms with Crippen molar-refractivity contribution < 1.29 is 13.7 Å². The van der Waals surface area contributed by atoms with Crippen LogP contribution in [0.3, 0.4) is 0 Å². The highest BCUT2D eigenvalue weighted by Gasteiger charge is 2.26. The standard InChI is InChI=1S/C8H5F2N3O2/c9-8(10)6-7(13(14)15)5(1-3-11)2-4-12-6/h2,4,8H,1H2. The van der Waals surface area contributed by atoms with Crippen molar-refractivity contribution in [3.63, 3.8) is 0 Å². The Morgan fingerprint density at radius 1 is 1.67 bits per heavy atom. The van der Waals surface area contributed by atoms with Gasteiger partial charge in [-0.3, -0.25) is 10.1 Å². The second-order valence-electron chi connectivity index (χ2n) is 2.60. The third-order valence-corrected chi connectivity index (χ3v) is 1.69. The monoisotopic (exact) mass is 213 g/mol. The van der Waals surface area contributed by atoms with Crippen molar-refractivity contribution in [2.24, 2.45) is 0 Å². The van der Waals surface area contributed by atoms with Crippen molar-refractivity contribution in [1.29, 1.82) is 5.26 Å². The van der Waals surface area contributed by atoms with Crippen LogP contribution in [0.5, 0.6) is 0 Å². The van der Waals surface area contributed by atoms with Gasteiger partial charge in [-0.25, -0.2) is 13.8 Å². The van der Waals surface area contributed by atoms with E-state index in [0.29, 0.717) is 0 Å². The highest BCUT2D eigenvalue weighted by molar-refractivity contribution is 5.45. The number of nitriles is 1. The molecule has 0 N–H and O–H groups in total. The molecule has 0 saturated heterocycles. The van der Waals surface area contributed by atoms with Gasteiger partial charge < -0.3 is 0 Å². The molecular formula is C8H5F2N3O2. The Kier molecular flexibility index (Phi) is 3.23. The maximum absolute atomic E-state index is 12.4. The molecule has 15 heavy (non-hydrogen) atoms. The number of aromatic nitrogens is 1. The minimum Gasteiger partial charge on any atom is -0.258 e. The molecule has 1 aromatic rings. The van der Waals surface area contributed by atoms with E-state index >= 15 is 0 Å². The number of hydrogen-bond acceptors (Lipinski definition) is 4. The summed E-state index contributed by atoms with van der Waals surface area (Å²) in [6.45, 7) is 0. The van der Waals surface area contributed by atoms with E-state index in [-0.39, 0.29) is 12.0 Å². The van der Waals surface area contributed by atoms with E-state index in [1.165, 1.54) is 6.07 Å². The number of pyridine rings is 1. The molecule has 0 aliphatic heterocycles. The van der Waals surface area contributed by atoms with E-state index in [1.807, 2.05) is 0 Å². The maximum atomic E-state index is 12.4. The van der Waals surface area contributed by atoms with E-state index in [9.17, 15) is 18.9 Å². The molecule has 0 bridgehead atoms. The Morgan fingerprint density at radius 2 is 2.33 bits per heavy atom. The second kappa shape index (κ2) is 4.41. The Hall–Kier alpha value is -2.10. The number of nitro groups is 1. The highest BCUT2D eigenvalue weighted by Crippen LogP contribution is 2.29. The van der Waals surface area contributed by atoms with Gasteiger partial charge in [-0.1, -0.05) is 0 Å². The molecule has 0 saturated carbocycles. The molecule has 0 spiro atoms.